The van der Waals surface area contributed by atoms with E-state index < -0.39 is 0 Å². The summed E-state index contributed by atoms with van der Waals surface area (Å²) in [7, 11) is 0. The molecule has 0 saturated heterocycles. The number of fused-ring (bicyclic) bond motifs is 12. The summed E-state index contributed by atoms with van der Waals surface area (Å²) in [5.74, 6) is 0. The second-order valence-corrected chi connectivity index (χ2v) is 32.1. The molecular weight excluding hydrogens is 1530 g/mol. The molecule has 0 aliphatic carbocycles. The molecule has 0 saturated carbocycles. The fourth-order valence-corrected chi connectivity index (χ4v) is 18.3. The summed E-state index contributed by atoms with van der Waals surface area (Å²) < 4.78 is 25.7. The quantitative estimate of drug-likeness (QED) is 0.0961. The van der Waals surface area contributed by atoms with Gasteiger partial charge >= 0.3 is 0 Å². The maximum absolute atomic E-state index is 6.43. The van der Waals surface area contributed by atoms with Crippen molar-refractivity contribution in [1.29, 1.82) is 0 Å². The Morgan fingerprint density at radius 3 is 0.532 bits per heavy atom. The van der Waals surface area contributed by atoms with Crippen LogP contribution in [0.3, 0.4) is 0 Å². The van der Waals surface area contributed by atoms with Crippen LogP contribution in [0.1, 0.15) is 0 Å². The molecule has 6 nitrogen and oxygen atoms in total. The second-order valence-electron chi connectivity index (χ2n) is 32.1. The summed E-state index contributed by atoms with van der Waals surface area (Å²) in [6, 6.07) is 168. The van der Waals surface area contributed by atoms with E-state index in [0.717, 1.165) is 178 Å². The summed E-state index contributed by atoms with van der Waals surface area (Å²) in [6.45, 7) is 0. The van der Waals surface area contributed by atoms with Crippen LogP contribution in [0.2, 0.25) is 0 Å². The Labute approximate surface area is 728 Å². The predicted molar refractivity (Wildman–Crippen MR) is 526 cm³/mol. The van der Waals surface area contributed by atoms with Crippen molar-refractivity contribution in [2.75, 3.05) is 9.80 Å². The van der Waals surface area contributed by atoms with Crippen LogP contribution in [0.5, 0.6) is 0 Å². The number of para-hydroxylation sites is 8. The summed E-state index contributed by atoms with van der Waals surface area (Å²) >= 11 is 0. The summed E-state index contributed by atoms with van der Waals surface area (Å²) in [5, 5.41) is 9.02. The third-order valence-electron chi connectivity index (χ3n) is 24.7. The van der Waals surface area contributed by atoms with Gasteiger partial charge in [-0.3, -0.25) is 0 Å². The number of hydrogen-bond donors (Lipinski definition) is 0. The topological polar surface area (TPSA) is 59.0 Å². The van der Waals surface area contributed by atoms with E-state index in [0.29, 0.717) is 0 Å². The van der Waals surface area contributed by atoms with Crippen LogP contribution in [0.15, 0.2) is 491 Å². The minimum absolute atomic E-state index is 0.899. The Morgan fingerprint density at radius 2 is 0.286 bits per heavy atom. The number of hydrogen-bond acceptors (Lipinski definition) is 6. The molecule has 0 N–H and O–H groups in total. The zero-order valence-electron chi connectivity index (χ0n) is 68.6. The lowest BCUT2D eigenvalue weighted by molar-refractivity contribution is 0.669. The molecular formula is C120H78N2O4. The summed E-state index contributed by atoms with van der Waals surface area (Å²) in [6.07, 6.45) is 0. The van der Waals surface area contributed by atoms with Gasteiger partial charge in [-0.05, 0) is 192 Å². The number of furan rings is 4. The molecule has 24 rings (SSSR count). The van der Waals surface area contributed by atoms with Crippen molar-refractivity contribution in [1.82, 2.24) is 0 Å². The van der Waals surface area contributed by atoms with Crippen LogP contribution in [-0.2, 0) is 0 Å². The fraction of sp³-hybridized carbons (Fsp3) is 0. The standard InChI is InChI=1S/2C60H39NO2/c1-2-11-40(12-3-1)46-13-8-14-47(39-46)43-25-23-41(24-26-43)42-27-33-48(34-28-42)61(49-35-29-44(30-36-49)51-17-9-19-55-53-15-4-6-21-57(53)62-59(51)55)50-37-31-45(32-38-50)52-18-10-20-56-54-16-5-7-22-58(54)63-60(52)56;1-2-10-40(11-3-1)41-20-22-42(23-21-41)43-24-26-44(27-25-43)45-28-34-48(35-29-45)61(49-36-30-46(31-37-49)51-14-8-16-55-53-12-4-6-18-57(53)62-59(51)55)50-38-32-47(33-39-50)52-15-9-17-56-54-13-5-7-19-58(54)63-60(52)56/h2*1-39H. The highest BCUT2D eigenvalue weighted by atomic mass is 16.3. The zero-order chi connectivity index (χ0) is 83.4. The molecule has 0 atom stereocenters. The average molecular weight is 1610 g/mol. The molecule has 24 aromatic rings. The first-order valence-corrected chi connectivity index (χ1v) is 42.8. The predicted octanol–water partition coefficient (Wildman–Crippen LogP) is 34.6. The van der Waals surface area contributed by atoms with Crippen LogP contribution >= 0.6 is 0 Å². The van der Waals surface area contributed by atoms with Crippen LogP contribution < -0.4 is 9.80 Å². The molecule has 0 unspecified atom stereocenters. The van der Waals surface area contributed by atoms with Crippen molar-refractivity contribution < 1.29 is 17.7 Å². The highest BCUT2D eigenvalue weighted by Gasteiger charge is 2.22. The van der Waals surface area contributed by atoms with E-state index >= 15 is 0 Å². The average Bonchev–Trinajstić information content (AvgIpc) is 1.64. The normalized spacial score (nSPS) is 11.5. The Morgan fingerprint density at radius 1 is 0.119 bits per heavy atom. The lowest BCUT2D eigenvalue weighted by Gasteiger charge is -2.26. The lowest BCUT2D eigenvalue weighted by Crippen LogP contribution is -2.09. The van der Waals surface area contributed by atoms with E-state index in [-0.39, 0.29) is 0 Å². The minimum Gasteiger partial charge on any atom is -0.455 e. The Bertz CT molecular complexity index is 7800. The zero-order valence-corrected chi connectivity index (χ0v) is 68.6. The summed E-state index contributed by atoms with van der Waals surface area (Å²) in [5.41, 5.74) is 36.6. The van der Waals surface area contributed by atoms with Crippen LogP contribution in [0, 0.1) is 0 Å². The monoisotopic (exact) mass is 1610 g/mol. The van der Waals surface area contributed by atoms with E-state index in [4.69, 9.17) is 17.7 Å². The summed E-state index contributed by atoms with van der Waals surface area (Å²) in [4.78, 5) is 4.65. The van der Waals surface area contributed by atoms with E-state index in [1.54, 1.807) is 0 Å². The van der Waals surface area contributed by atoms with Gasteiger partial charge in [-0.15, -0.1) is 0 Å². The van der Waals surface area contributed by atoms with Gasteiger partial charge in [-0.1, -0.05) is 370 Å². The van der Waals surface area contributed by atoms with Crippen molar-refractivity contribution >= 4 is 122 Å². The molecule has 0 amide bonds. The molecule has 20 aromatic carbocycles. The van der Waals surface area contributed by atoms with E-state index in [1.165, 1.54) is 55.6 Å². The lowest BCUT2D eigenvalue weighted by atomic mass is 9.97. The minimum atomic E-state index is 0.899. The number of anilines is 6. The molecule has 0 aliphatic rings. The van der Waals surface area contributed by atoms with Gasteiger partial charge in [-0.25, -0.2) is 0 Å². The first kappa shape index (κ1) is 74.3. The van der Waals surface area contributed by atoms with Gasteiger partial charge in [-0.2, -0.15) is 0 Å². The highest BCUT2D eigenvalue weighted by Crippen LogP contribution is 2.46. The fourth-order valence-electron chi connectivity index (χ4n) is 18.3. The molecule has 0 aliphatic heterocycles. The van der Waals surface area contributed by atoms with E-state index in [9.17, 15) is 0 Å². The number of rotatable bonds is 16. The maximum atomic E-state index is 6.43. The molecule has 126 heavy (non-hydrogen) atoms. The highest BCUT2D eigenvalue weighted by molar-refractivity contribution is 6.13. The van der Waals surface area contributed by atoms with E-state index in [1.807, 2.05) is 48.5 Å². The largest absolute Gasteiger partial charge is 0.455 e. The molecule has 0 fully saturated rings. The van der Waals surface area contributed by atoms with Crippen LogP contribution in [-0.4, -0.2) is 0 Å². The maximum Gasteiger partial charge on any atom is 0.143 e. The van der Waals surface area contributed by atoms with Crippen molar-refractivity contribution in [3.63, 3.8) is 0 Å². The van der Waals surface area contributed by atoms with E-state index in [2.05, 4.69) is 434 Å². The molecule has 4 heterocycles. The van der Waals surface area contributed by atoms with Gasteiger partial charge in [0.05, 0.1) is 0 Å². The van der Waals surface area contributed by atoms with Crippen molar-refractivity contribution in [2.45, 2.75) is 0 Å². The first-order chi connectivity index (χ1) is 62.4. The number of benzene rings is 20. The smallest absolute Gasteiger partial charge is 0.143 e. The first-order valence-electron chi connectivity index (χ1n) is 42.8. The SMILES string of the molecule is c1ccc(-c2ccc(-c3ccc(-c4ccc(N(c5ccc(-c6cccc7c6oc6ccccc67)cc5)c5ccc(-c6cccc7c6oc6ccccc67)cc5)cc4)cc3)cc2)cc1.c1ccc(-c2cccc(-c3ccc(-c4ccc(N(c5ccc(-c6cccc7c6oc6ccccc67)cc5)c5ccc(-c6cccc7c6oc6ccccc67)cc5)cc4)cc3)c2)cc1. The Hall–Kier alpha value is -16.8. The molecule has 0 spiro atoms. The van der Waals surface area contributed by atoms with Gasteiger partial charge < -0.3 is 27.5 Å². The molecule has 6 heteroatoms. The van der Waals surface area contributed by atoms with Gasteiger partial charge in [0.25, 0.3) is 0 Å². The second kappa shape index (κ2) is 32.0. The van der Waals surface area contributed by atoms with Gasteiger partial charge in [0.1, 0.15) is 44.7 Å². The molecule has 0 bridgehead atoms. The van der Waals surface area contributed by atoms with Gasteiger partial charge in [0.2, 0.25) is 0 Å². The number of nitrogens with zero attached hydrogens (tertiary/aromatic N) is 2. The van der Waals surface area contributed by atoms with Crippen molar-refractivity contribution in [3.05, 3.63) is 473 Å². The van der Waals surface area contributed by atoms with Crippen LogP contribution in [0.25, 0.3) is 199 Å². The molecule has 4 aromatic heterocycles. The third-order valence-corrected chi connectivity index (χ3v) is 24.7. The molecule has 592 valence electrons. The van der Waals surface area contributed by atoms with Gasteiger partial charge in [0, 0.05) is 99.5 Å². The molecule has 0 radical (unpaired) electrons. The Kier molecular flexibility index (Phi) is 18.8. The van der Waals surface area contributed by atoms with Crippen molar-refractivity contribution in [2.24, 2.45) is 0 Å². The van der Waals surface area contributed by atoms with Gasteiger partial charge in [0.15, 0.2) is 0 Å². The Balaban J connectivity index is 0.000000145. The third kappa shape index (κ3) is 13.9. The van der Waals surface area contributed by atoms with Crippen LogP contribution in [0.4, 0.5) is 34.1 Å². The van der Waals surface area contributed by atoms with Crippen molar-refractivity contribution in [3.8, 4) is 111 Å².